The Kier molecular flexibility index (Phi) is 4.53. The number of Topliss-reactive ketones (excluding diaryl/α,β-unsaturated/α-hetero) is 2. The molecule has 164 valence electrons. The Bertz CT molecular complexity index is 1120. The maximum absolute atomic E-state index is 13.4. The van der Waals surface area contributed by atoms with Crippen molar-refractivity contribution < 1.29 is 34.8 Å². The van der Waals surface area contributed by atoms with E-state index < -0.39 is 58.0 Å². The minimum Gasteiger partial charge on any atom is -0.508 e. The number of ketones is 2. The molecule has 0 heterocycles. The number of rotatable bonds is 2. The van der Waals surface area contributed by atoms with E-state index in [1.807, 2.05) is 13.8 Å². The summed E-state index contributed by atoms with van der Waals surface area (Å²) >= 11 is 0. The van der Waals surface area contributed by atoms with Gasteiger partial charge < -0.3 is 31.9 Å². The average Bonchev–Trinajstić information content (AvgIpc) is 2.68. The highest BCUT2D eigenvalue weighted by atomic mass is 16.3. The number of aliphatic hydroxyl groups excluding tert-OH is 2. The van der Waals surface area contributed by atoms with E-state index in [1.165, 1.54) is 6.07 Å². The van der Waals surface area contributed by atoms with E-state index in [0.29, 0.717) is 5.56 Å². The number of benzene rings is 1. The van der Waals surface area contributed by atoms with Crippen molar-refractivity contribution in [3.63, 3.8) is 0 Å². The first-order valence-corrected chi connectivity index (χ1v) is 10.0. The molecule has 0 saturated heterocycles. The number of hydrogen-bond acceptors (Lipinski definition) is 8. The van der Waals surface area contributed by atoms with Crippen LogP contribution in [0, 0.1) is 11.8 Å². The molecule has 0 aromatic heterocycles. The van der Waals surface area contributed by atoms with Crippen molar-refractivity contribution in [1.82, 2.24) is 0 Å². The number of carbonyl (C=O) groups excluding carboxylic acids is 3. The van der Waals surface area contributed by atoms with Crippen LogP contribution in [0.4, 0.5) is 0 Å². The molecule has 8 N–H and O–H groups in total. The molecule has 0 radical (unpaired) electrons. The number of phenols is 1. The normalized spacial score (nSPS) is 30.3. The van der Waals surface area contributed by atoms with Gasteiger partial charge in [-0.05, 0) is 41.9 Å². The van der Waals surface area contributed by atoms with E-state index in [-0.39, 0.29) is 35.6 Å². The molecule has 1 aromatic rings. The summed E-state index contributed by atoms with van der Waals surface area (Å²) in [6.07, 6.45) is 0.264. The number of amides is 1. The fourth-order valence-corrected chi connectivity index (χ4v) is 5.28. The van der Waals surface area contributed by atoms with E-state index in [2.05, 4.69) is 0 Å². The van der Waals surface area contributed by atoms with Crippen molar-refractivity contribution in [1.29, 1.82) is 0 Å². The molecule has 1 fully saturated rings. The van der Waals surface area contributed by atoms with E-state index in [4.69, 9.17) is 11.5 Å². The summed E-state index contributed by atoms with van der Waals surface area (Å²) < 4.78 is 0. The Morgan fingerprint density at radius 2 is 1.84 bits per heavy atom. The zero-order valence-corrected chi connectivity index (χ0v) is 17.0. The minimum absolute atomic E-state index is 0.00271. The van der Waals surface area contributed by atoms with Crippen molar-refractivity contribution in [2.24, 2.45) is 23.3 Å². The summed E-state index contributed by atoms with van der Waals surface area (Å²) in [5.74, 6) is -6.93. The average molecular weight is 428 g/mol. The smallest absolute Gasteiger partial charge is 0.255 e. The highest BCUT2D eigenvalue weighted by Gasteiger charge is 2.63. The van der Waals surface area contributed by atoms with E-state index in [9.17, 15) is 34.8 Å². The van der Waals surface area contributed by atoms with Gasteiger partial charge in [-0.25, -0.2) is 0 Å². The van der Waals surface area contributed by atoms with Crippen LogP contribution in [0.3, 0.4) is 0 Å². The molecule has 9 nitrogen and oxygen atoms in total. The molecule has 9 heteroatoms. The van der Waals surface area contributed by atoms with Crippen LogP contribution >= 0.6 is 0 Å². The summed E-state index contributed by atoms with van der Waals surface area (Å²) in [7, 11) is 0. The van der Waals surface area contributed by atoms with Crippen LogP contribution in [-0.4, -0.2) is 49.5 Å². The molecule has 4 rings (SSSR count). The fraction of sp³-hybridized carbons (Fsp3) is 0.409. The predicted molar refractivity (Wildman–Crippen MR) is 109 cm³/mol. The zero-order chi connectivity index (χ0) is 23.0. The van der Waals surface area contributed by atoms with Gasteiger partial charge in [0.15, 0.2) is 11.4 Å². The van der Waals surface area contributed by atoms with Gasteiger partial charge in [-0.15, -0.1) is 0 Å². The first-order chi connectivity index (χ1) is 14.4. The van der Waals surface area contributed by atoms with Crippen LogP contribution < -0.4 is 11.5 Å². The number of phenolic OH excluding ortho intramolecular Hbond substituents is 1. The number of carbonyl (C=O) groups is 3. The molecule has 1 saturated carbocycles. The molecule has 0 aliphatic heterocycles. The van der Waals surface area contributed by atoms with Crippen molar-refractivity contribution in [3.8, 4) is 5.75 Å². The fourth-order valence-electron chi connectivity index (χ4n) is 5.28. The Hall–Kier alpha value is -3.17. The maximum atomic E-state index is 13.4. The van der Waals surface area contributed by atoms with Gasteiger partial charge in [-0.3, -0.25) is 14.4 Å². The molecule has 0 spiro atoms. The minimum atomic E-state index is -2.68. The van der Waals surface area contributed by atoms with Gasteiger partial charge in [0, 0.05) is 11.5 Å². The molecule has 1 amide bonds. The number of hydrogen-bond donors (Lipinski definition) is 6. The van der Waals surface area contributed by atoms with Crippen LogP contribution in [0.25, 0.3) is 5.76 Å². The third-order valence-corrected chi connectivity index (χ3v) is 6.79. The number of nitrogens with two attached hydrogens (primary N) is 2. The predicted octanol–water partition coefficient (Wildman–Crippen LogP) is 0.485. The summed E-state index contributed by atoms with van der Waals surface area (Å²) in [6.45, 7) is 3.91. The first-order valence-electron chi connectivity index (χ1n) is 10.0. The standard InChI is InChI=1S/C22H24N2O7/c1-7(2)9-3-4-12(25)14-10(9)5-8-6-11-16(23)18(27)15(21(24)30)20(29)22(11,31)19(28)13(8)17(14)26/h3-4,7-8,11,16,25-26,29,31H,5-6,23H2,1-2H3,(H2,24,30)/t8-,11-,16+,22-/m0/s1. The summed E-state index contributed by atoms with van der Waals surface area (Å²) in [5, 5.41) is 43.2. The Labute approximate surface area is 177 Å². The Morgan fingerprint density at radius 3 is 2.42 bits per heavy atom. The van der Waals surface area contributed by atoms with Crippen molar-refractivity contribution in [3.05, 3.63) is 45.7 Å². The van der Waals surface area contributed by atoms with Crippen LogP contribution in [0.2, 0.25) is 0 Å². The lowest BCUT2D eigenvalue weighted by Crippen LogP contribution is -2.65. The monoisotopic (exact) mass is 428 g/mol. The number of primary amides is 1. The second-order valence-electron chi connectivity index (χ2n) is 8.76. The molecule has 3 aliphatic rings. The topological polar surface area (TPSA) is 184 Å². The van der Waals surface area contributed by atoms with Crippen LogP contribution in [0.5, 0.6) is 5.75 Å². The third kappa shape index (κ3) is 2.60. The van der Waals surface area contributed by atoms with Gasteiger partial charge in [0.05, 0.1) is 11.6 Å². The first kappa shape index (κ1) is 21.1. The van der Waals surface area contributed by atoms with Gasteiger partial charge in [0.1, 0.15) is 22.8 Å². The van der Waals surface area contributed by atoms with Crippen LogP contribution in [0.1, 0.15) is 42.9 Å². The molecule has 0 unspecified atom stereocenters. The maximum Gasteiger partial charge on any atom is 0.255 e. The molecule has 1 aromatic carbocycles. The number of aliphatic hydroxyl groups is 3. The molecule has 3 aliphatic carbocycles. The second kappa shape index (κ2) is 6.66. The Morgan fingerprint density at radius 1 is 1.19 bits per heavy atom. The van der Waals surface area contributed by atoms with E-state index >= 15 is 0 Å². The molecular weight excluding hydrogens is 404 g/mol. The lowest BCUT2D eigenvalue weighted by Gasteiger charge is -2.48. The number of fused-ring (bicyclic) bond motifs is 3. The van der Waals surface area contributed by atoms with Gasteiger partial charge in [0.2, 0.25) is 5.78 Å². The zero-order valence-electron chi connectivity index (χ0n) is 17.0. The molecular formula is C22H24N2O7. The third-order valence-electron chi connectivity index (χ3n) is 6.79. The quantitative estimate of drug-likeness (QED) is 0.367. The van der Waals surface area contributed by atoms with Crippen molar-refractivity contribution in [2.45, 2.75) is 44.2 Å². The van der Waals surface area contributed by atoms with Crippen LogP contribution in [0.15, 0.2) is 29.0 Å². The lowest BCUT2D eigenvalue weighted by atomic mass is 9.57. The SMILES string of the molecule is CC(C)c1ccc(O)c2c1C[C@H]1C[C@H]3[C@@H](N)C(=O)C(C(N)=O)=C(O)[C@@]3(O)C(=O)C1=C2O. The van der Waals surface area contributed by atoms with Gasteiger partial charge >= 0.3 is 0 Å². The Balaban J connectivity index is 1.97. The van der Waals surface area contributed by atoms with Crippen LogP contribution in [-0.2, 0) is 20.8 Å². The highest BCUT2D eigenvalue weighted by Crippen LogP contribution is 2.52. The van der Waals surface area contributed by atoms with E-state index in [1.54, 1.807) is 6.07 Å². The molecule has 4 atom stereocenters. The van der Waals surface area contributed by atoms with Crippen molar-refractivity contribution in [2.75, 3.05) is 0 Å². The van der Waals surface area contributed by atoms with E-state index in [0.717, 1.165) is 5.56 Å². The summed E-state index contributed by atoms with van der Waals surface area (Å²) in [4.78, 5) is 37.7. The summed E-state index contributed by atoms with van der Waals surface area (Å²) in [5.41, 5.74) is 9.04. The van der Waals surface area contributed by atoms with Crippen molar-refractivity contribution >= 4 is 23.2 Å². The van der Waals surface area contributed by atoms with Gasteiger partial charge in [0.25, 0.3) is 5.91 Å². The number of aromatic hydroxyl groups is 1. The largest absolute Gasteiger partial charge is 0.508 e. The second-order valence-corrected chi connectivity index (χ2v) is 8.76. The van der Waals surface area contributed by atoms with Gasteiger partial charge in [-0.1, -0.05) is 19.9 Å². The molecule has 31 heavy (non-hydrogen) atoms. The molecule has 0 bridgehead atoms. The van der Waals surface area contributed by atoms with Gasteiger partial charge in [-0.2, -0.15) is 0 Å². The lowest BCUT2D eigenvalue weighted by molar-refractivity contribution is -0.149. The summed E-state index contributed by atoms with van der Waals surface area (Å²) in [6, 6.07) is 1.74. The highest BCUT2D eigenvalue weighted by molar-refractivity contribution is 6.24.